The highest BCUT2D eigenvalue weighted by Gasteiger charge is 2.37. The molecule has 1 saturated carbocycles. The minimum absolute atomic E-state index is 0.266. The number of nitrogens with zero attached hydrogens (tertiary/aromatic N) is 4. The normalized spacial score (nSPS) is 23.8. The van der Waals surface area contributed by atoms with Crippen LogP contribution in [0.4, 0.5) is 5.82 Å². The number of aromatic nitrogens is 3. The van der Waals surface area contributed by atoms with Crippen molar-refractivity contribution in [3.63, 3.8) is 0 Å². The lowest BCUT2D eigenvalue weighted by Crippen LogP contribution is -2.35. The molecule has 0 amide bonds. The molecule has 0 unspecified atom stereocenters. The molecule has 2 atom stereocenters. The summed E-state index contributed by atoms with van der Waals surface area (Å²) in [6, 6.07) is 10.1. The van der Waals surface area contributed by atoms with Crippen LogP contribution >= 0.6 is 0 Å². The molecule has 2 fully saturated rings. The van der Waals surface area contributed by atoms with Gasteiger partial charge in [-0.3, -0.25) is 14.4 Å². The second-order valence-corrected chi connectivity index (χ2v) is 11.7. The molecule has 2 aliphatic heterocycles. The number of ether oxygens (including phenoxy) is 1. The van der Waals surface area contributed by atoms with E-state index in [0.717, 1.165) is 86.9 Å². The molecule has 2 aromatic heterocycles. The van der Waals surface area contributed by atoms with Crippen LogP contribution in [0.5, 0.6) is 0 Å². The van der Waals surface area contributed by atoms with Gasteiger partial charge in [-0.05, 0) is 75.5 Å². The van der Waals surface area contributed by atoms with Crippen molar-refractivity contribution in [3.8, 4) is 0 Å². The molecule has 208 valence electrons. The Morgan fingerprint density at radius 1 is 1.21 bits per heavy atom. The number of carbonyl (C=O) groups is 1. The molecule has 3 aliphatic rings. The Balaban J connectivity index is 1.04. The maximum Gasteiger partial charge on any atom is 0.325 e. The summed E-state index contributed by atoms with van der Waals surface area (Å²) < 4.78 is 7.53. The Morgan fingerprint density at radius 2 is 2.10 bits per heavy atom. The van der Waals surface area contributed by atoms with Crippen molar-refractivity contribution in [2.24, 2.45) is 5.92 Å². The topological polar surface area (TPSA) is 92.5 Å². The summed E-state index contributed by atoms with van der Waals surface area (Å²) in [5, 5.41) is 19.5. The van der Waals surface area contributed by atoms with Gasteiger partial charge in [0.15, 0.2) is 0 Å². The number of nitrogens with one attached hydrogen (secondary N) is 1. The van der Waals surface area contributed by atoms with Crippen molar-refractivity contribution in [3.05, 3.63) is 53.3 Å². The van der Waals surface area contributed by atoms with Gasteiger partial charge >= 0.3 is 5.97 Å². The van der Waals surface area contributed by atoms with Crippen molar-refractivity contribution in [1.29, 1.82) is 0 Å². The number of carboxylic acids is 1. The number of fused-ring (bicyclic) bond motifs is 2. The van der Waals surface area contributed by atoms with Gasteiger partial charge in [0.25, 0.3) is 0 Å². The lowest BCUT2D eigenvalue weighted by Gasteiger charge is -2.35. The SMILES string of the molecule is COC1CC(n2ncc3cccc([C@H](C(=O)O)N4CC[C@@H](CCCCCc5ccc6c(n5)NCCC6)C4)c32)C1. The van der Waals surface area contributed by atoms with E-state index < -0.39 is 12.0 Å². The van der Waals surface area contributed by atoms with Crippen LogP contribution in [0.2, 0.25) is 0 Å². The van der Waals surface area contributed by atoms with Gasteiger partial charge < -0.3 is 15.2 Å². The molecule has 2 N–H and O–H groups in total. The third-order valence-electron chi connectivity index (χ3n) is 9.11. The van der Waals surface area contributed by atoms with Crippen molar-refractivity contribution in [2.75, 3.05) is 32.1 Å². The summed E-state index contributed by atoms with van der Waals surface area (Å²) in [6.45, 7) is 2.70. The molecule has 4 heterocycles. The zero-order valence-electron chi connectivity index (χ0n) is 23.0. The molecule has 3 aromatic rings. The number of para-hydroxylation sites is 1. The minimum Gasteiger partial charge on any atom is -0.480 e. The summed E-state index contributed by atoms with van der Waals surface area (Å²) in [7, 11) is 1.75. The molecule has 8 nitrogen and oxygen atoms in total. The molecular weight excluding hydrogens is 490 g/mol. The van der Waals surface area contributed by atoms with E-state index in [2.05, 4.69) is 32.1 Å². The van der Waals surface area contributed by atoms with E-state index in [0.29, 0.717) is 5.92 Å². The first-order valence-electron chi connectivity index (χ1n) is 14.8. The van der Waals surface area contributed by atoms with Gasteiger partial charge in [0.05, 0.1) is 23.9 Å². The van der Waals surface area contributed by atoms with E-state index >= 15 is 0 Å². The molecule has 6 rings (SSSR count). The van der Waals surface area contributed by atoms with Crippen molar-refractivity contribution in [1.82, 2.24) is 19.7 Å². The summed E-state index contributed by atoms with van der Waals surface area (Å²) in [5.74, 6) is 0.867. The van der Waals surface area contributed by atoms with Gasteiger partial charge in [-0.2, -0.15) is 5.10 Å². The van der Waals surface area contributed by atoms with Gasteiger partial charge in [-0.1, -0.05) is 37.1 Å². The number of aryl methyl sites for hydroxylation is 2. The van der Waals surface area contributed by atoms with E-state index in [1.807, 2.05) is 24.4 Å². The number of aliphatic carboxylic acids is 1. The zero-order chi connectivity index (χ0) is 26.8. The van der Waals surface area contributed by atoms with E-state index in [1.54, 1.807) is 7.11 Å². The standard InChI is InChI=1S/C31H41N5O3/c1-39-26-17-25(18-26)36-28-23(19-33-36)8-5-11-27(28)29(31(37)38)35-16-14-21(20-35)7-3-2-4-10-24-13-12-22-9-6-15-32-30(22)34-24/h5,8,11-13,19,21,25-26,29H,2-4,6-7,9-10,14-18,20H2,1H3,(H,32,34)(H,37,38)/t21-,25?,26?,29-/m1/s1. The Kier molecular flexibility index (Phi) is 7.84. The number of benzene rings is 1. The third kappa shape index (κ3) is 5.54. The fourth-order valence-electron chi connectivity index (χ4n) is 6.80. The number of unbranched alkanes of at least 4 members (excludes halogenated alkanes) is 2. The van der Waals surface area contributed by atoms with Crippen LogP contribution in [0.1, 0.15) is 80.3 Å². The zero-order valence-corrected chi connectivity index (χ0v) is 23.0. The lowest BCUT2D eigenvalue weighted by atomic mass is 9.89. The third-order valence-corrected chi connectivity index (χ3v) is 9.11. The van der Waals surface area contributed by atoms with Crippen molar-refractivity contribution < 1.29 is 14.6 Å². The quantitative estimate of drug-likeness (QED) is 0.321. The molecule has 0 spiro atoms. The highest BCUT2D eigenvalue weighted by molar-refractivity contribution is 5.88. The highest BCUT2D eigenvalue weighted by Crippen LogP contribution is 2.39. The molecule has 8 heteroatoms. The Labute approximate surface area is 230 Å². The van der Waals surface area contributed by atoms with E-state index in [1.165, 1.54) is 30.5 Å². The average molecular weight is 532 g/mol. The summed E-state index contributed by atoms with van der Waals surface area (Å²) >= 11 is 0. The fourth-order valence-corrected chi connectivity index (χ4v) is 6.80. The number of likely N-dealkylation sites (tertiary alicyclic amines) is 1. The van der Waals surface area contributed by atoms with Crippen LogP contribution in [0, 0.1) is 5.92 Å². The monoisotopic (exact) mass is 531 g/mol. The number of hydrogen-bond donors (Lipinski definition) is 2. The molecule has 0 radical (unpaired) electrons. The van der Waals surface area contributed by atoms with Crippen molar-refractivity contribution in [2.45, 2.75) is 82.4 Å². The summed E-state index contributed by atoms with van der Waals surface area (Å²) in [5.41, 5.74) is 4.37. The molecule has 1 saturated heterocycles. The van der Waals surface area contributed by atoms with E-state index in [9.17, 15) is 9.90 Å². The number of methoxy groups -OCH3 is 1. The summed E-state index contributed by atoms with van der Waals surface area (Å²) in [4.78, 5) is 19.7. The van der Waals surface area contributed by atoms with Gasteiger partial charge in [-0.25, -0.2) is 4.98 Å². The Bertz CT molecular complexity index is 1300. The first kappa shape index (κ1) is 26.3. The maximum atomic E-state index is 12.6. The maximum absolute atomic E-state index is 12.6. The number of pyridine rings is 1. The van der Waals surface area contributed by atoms with Crippen LogP contribution < -0.4 is 5.32 Å². The van der Waals surface area contributed by atoms with Crippen molar-refractivity contribution >= 4 is 22.7 Å². The lowest BCUT2D eigenvalue weighted by molar-refractivity contribution is -0.143. The van der Waals surface area contributed by atoms with Crippen LogP contribution in [0.3, 0.4) is 0 Å². The molecule has 39 heavy (non-hydrogen) atoms. The van der Waals surface area contributed by atoms with Gasteiger partial charge in [0.1, 0.15) is 11.9 Å². The predicted octanol–water partition coefficient (Wildman–Crippen LogP) is 5.39. The molecule has 1 aliphatic carbocycles. The second kappa shape index (κ2) is 11.6. The number of carboxylic acid groups (broad SMARTS) is 1. The summed E-state index contributed by atoms with van der Waals surface area (Å²) in [6.07, 6.45) is 13.1. The van der Waals surface area contributed by atoms with Crippen LogP contribution in [0.25, 0.3) is 10.9 Å². The number of anilines is 1. The first-order chi connectivity index (χ1) is 19.1. The molecular formula is C31H41N5O3. The predicted molar refractivity (Wildman–Crippen MR) is 152 cm³/mol. The largest absolute Gasteiger partial charge is 0.480 e. The first-order valence-corrected chi connectivity index (χ1v) is 14.8. The van der Waals surface area contributed by atoms with Gasteiger partial charge in [0.2, 0.25) is 0 Å². The van der Waals surface area contributed by atoms with Crippen LogP contribution in [0.15, 0.2) is 36.5 Å². The second-order valence-electron chi connectivity index (χ2n) is 11.7. The van der Waals surface area contributed by atoms with E-state index in [-0.39, 0.29) is 12.1 Å². The Morgan fingerprint density at radius 3 is 2.95 bits per heavy atom. The fraction of sp³-hybridized carbons (Fsp3) is 0.581. The average Bonchev–Trinajstić information content (AvgIpc) is 3.56. The highest BCUT2D eigenvalue weighted by atomic mass is 16.5. The number of hydrogen-bond acceptors (Lipinski definition) is 6. The Hall–Kier alpha value is -2.97. The molecule has 1 aromatic carbocycles. The smallest absolute Gasteiger partial charge is 0.325 e. The van der Waals surface area contributed by atoms with Gasteiger partial charge in [-0.15, -0.1) is 0 Å². The number of rotatable bonds is 11. The van der Waals surface area contributed by atoms with Gasteiger partial charge in [0, 0.05) is 36.8 Å². The van der Waals surface area contributed by atoms with E-state index in [4.69, 9.17) is 9.72 Å². The van der Waals surface area contributed by atoms with Crippen LogP contribution in [-0.2, 0) is 22.4 Å². The minimum atomic E-state index is -0.772. The molecule has 0 bridgehead atoms. The van der Waals surface area contributed by atoms with Crippen LogP contribution in [-0.4, -0.2) is 63.6 Å².